The van der Waals surface area contributed by atoms with E-state index in [1.54, 1.807) is 0 Å². The standard InChI is InChI=1S/C22H23N3/c1-4-15-9-18(12-23-11-15)21-13-24-22(25-21)17-6-8-20-16(10-17)5-7-19(20)14(2)3/h5-12,14,19H,4,13H2,1-3H3. The van der Waals surface area contributed by atoms with Crippen LogP contribution in [0, 0.1) is 5.92 Å². The minimum atomic E-state index is 0.525. The zero-order chi connectivity index (χ0) is 17.4. The van der Waals surface area contributed by atoms with Crippen molar-refractivity contribution in [3.05, 3.63) is 70.6 Å². The molecule has 2 aromatic rings. The molecule has 0 saturated carbocycles. The van der Waals surface area contributed by atoms with Gasteiger partial charge in [-0.25, -0.2) is 4.99 Å². The Hall–Kier alpha value is -2.55. The summed E-state index contributed by atoms with van der Waals surface area (Å²) in [5, 5.41) is 0. The van der Waals surface area contributed by atoms with Crippen molar-refractivity contribution >= 4 is 17.6 Å². The molecular formula is C22H23N3. The lowest BCUT2D eigenvalue weighted by atomic mass is 9.90. The minimum Gasteiger partial charge on any atom is -0.264 e. The van der Waals surface area contributed by atoms with Crippen LogP contribution in [-0.4, -0.2) is 23.1 Å². The molecule has 2 heterocycles. The summed E-state index contributed by atoms with van der Waals surface area (Å²) >= 11 is 0. The number of rotatable bonds is 4. The topological polar surface area (TPSA) is 37.6 Å². The molecule has 0 spiro atoms. The zero-order valence-electron chi connectivity index (χ0n) is 15.0. The second-order valence-electron chi connectivity index (χ2n) is 7.11. The van der Waals surface area contributed by atoms with Crippen molar-refractivity contribution < 1.29 is 0 Å². The van der Waals surface area contributed by atoms with E-state index in [-0.39, 0.29) is 0 Å². The Bertz CT molecular complexity index is 903. The fourth-order valence-electron chi connectivity index (χ4n) is 3.55. The second-order valence-corrected chi connectivity index (χ2v) is 7.11. The minimum absolute atomic E-state index is 0.525. The summed E-state index contributed by atoms with van der Waals surface area (Å²) in [6, 6.07) is 8.79. The number of benzene rings is 1. The van der Waals surface area contributed by atoms with Gasteiger partial charge >= 0.3 is 0 Å². The van der Waals surface area contributed by atoms with Crippen molar-refractivity contribution in [3.8, 4) is 0 Å². The van der Waals surface area contributed by atoms with Crippen LogP contribution < -0.4 is 0 Å². The third kappa shape index (κ3) is 2.95. The number of hydrogen-bond donors (Lipinski definition) is 0. The molecule has 3 heteroatoms. The summed E-state index contributed by atoms with van der Waals surface area (Å²) in [6.45, 7) is 7.32. The van der Waals surface area contributed by atoms with Crippen molar-refractivity contribution in [2.75, 3.05) is 6.54 Å². The number of aryl methyl sites for hydroxylation is 1. The van der Waals surface area contributed by atoms with E-state index in [1.165, 1.54) is 16.7 Å². The van der Waals surface area contributed by atoms with Crippen LogP contribution >= 0.6 is 0 Å². The first-order chi connectivity index (χ1) is 12.2. The molecule has 1 aliphatic carbocycles. The first-order valence-electron chi connectivity index (χ1n) is 9.04. The Morgan fingerprint density at radius 1 is 1.12 bits per heavy atom. The summed E-state index contributed by atoms with van der Waals surface area (Å²) in [5.74, 6) is 1.98. The van der Waals surface area contributed by atoms with Gasteiger partial charge in [0.05, 0.1) is 12.3 Å². The van der Waals surface area contributed by atoms with Gasteiger partial charge in [0.1, 0.15) is 0 Å². The van der Waals surface area contributed by atoms with Gasteiger partial charge in [-0.15, -0.1) is 0 Å². The first-order valence-corrected chi connectivity index (χ1v) is 9.04. The molecule has 3 nitrogen and oxygen atoms in total. The van der Waals surface area contributed by atoms with Crippen molar-refractivity contribution in [2.45, 2.75) is 33.1 Å². The van der Waals surface area contributed by atoms with Crippen LogP contribution in [0.2, 0.25) is 0 Å². The highest BCUT2D eigenvalue weighted by Gasteiger charge is 2.22. The number of nitrogens with zero attached hydrogens (tertiary/aromatic N) is 3. The van der Waals surface area contributed by atoms with E-state index >= 15 is 0 Å². The molecule has 1 unspecified atom stereocenters. The van der Waals surface area contributed by atoms with E-state index in [2.05, 4.69) is 67.2 Å². The molecule has 126 valence electrons. The van der Waals surface area contributed by atoms with Gasteiger partial charge in [0.15, 0.2) is 5.84 Å². The summed E-state index contributed by atoms with van der Waals surface area (Å²) < 4.78 is 0. The summed E-state index contributed by atoms with van der Waals surface area (Å²) in [6.07, 6.45) is 9.33. The number of allylic oxidation sites excluding steroid dienone is 1. The van der Waals surface area contributed by atoms with E-state index in [4.69, 9.17) is 4.99 Å². The molecule has 1 aromatic carbocycles. The van der Waals surface area contributed by atoms with Crippen molar-refractivity contribution in [1.29, 1.82) is 0 Å². The average Bonchev–Trinajstić information content (AvgIpc) is 3.28. The molecule has 0 bridgehead atoms. The van der Waals surface area contributed by atoms with Crippen LogP contribution in [0.5, 0.6) is 0 Å². The highest BCUT2D eigenvalue weighted by Crippen LogP contribution is 2.36. The second kappa shape index (κ2) is 6.40. The zero-order valence-corrected chi connectivity index (χ0v) is 15.0. The number of aliphatic imine (C=N–C) groups is 2. The van der Waals surface area contributed by atoms with E-state index in [0.29, 0.717) is 18.4 Å². The van der Waals surface area contributed by atoms with Gasteiger partial charge in [0, 0.05) is 29.4 Å². The van der Waals surface area contributed by atoms with Crippen LogP contribution in [0.15, 0.2) is 52.7 Å². The molecule has 1 atom stereocenters. The van der Waals surface area contributed by atoms with E-state index < -0.39 is 0 Å². The molecule has 0 N–H and O–H groups in total. The number of fused-ring (bicyclic) bond motifs is 1. The smallest absolute Gasteiger partial charge is 0.155 e. The average molecular weight is 329 g/mol. The van der Waals surface area contributed by atoms with Gasteiger partial charge in [-0.3, -0.25) is 9.98 Å². The highest BCUT2D eigenvalue weighted by atomic mass is 15.0. The number of hydrogen-bond acceptors (Lipinski definition) is 3. The Balaban J connectivity index is 1.61. The third-order valence-electron chi connectivity index (χ3n) is 5.06. The van der Waals surface area contributed by atoms with Gasteiger partial charge in [-0.2, -0.15) is 0 Å². The maximum atomic E-state index is 4.79. The number of pyridine rings is 1. The lowest BCUT2D eigenvalue weighted by Gasteiger charge is -2.15. The van der Waals surface area contributed by atoms with E-state index in [1.807, 2.05) is 12.4 Å². The fourth-order valence-corrected chi connectivity index (χ4v) is 3.55. The van der Waals surface area contributed by atoms with Crippen LogP contribution in [0.1, 0.15) is 54.5 Å². The maximum absolute atomic E-state index is 4.79. The Labute approximate surface area is 149 Å². The van der Waals surface area contributed by atoms with Gasteiger partial charge < -0.3 is 0 Å². The lowest BCUT2D eigenvalue weighted by Crippen LogP contribution is -2.04. The molecule has 2 aliphatic rings. The van der Waals surface area contributed by atoms with Crippen LogP contribution in [-0.2, 0) is 6.42 Å². The van der Waals surface area contributed by atoms with Crippen molar-refractivity contribution in [3.63, 3.8) is 0 Å². The van der Waals surface area contributed by atoms with Crippen LogP contribution in [0.3, 0.4) is 0 Å². The molecule has 0 fully saturated rings. The normalized spacial score (nSPS) is 18.5. The quantitative estimate of drug-likeness (QED) is 0.804. The highest BCUT2D eigenvalue weighted by molar-refractivity contribution is 6.17. The molecule has 0 radical (unpaired) electrons. The van der Waals surface area contributed by atoms with Crippen molar-refractivity contribution in [2.24, 2.45) is 15.9 Å². The fraction of sp³-hybridized carbons (Fsp3) is 0.318. The number of amidine groups is 1. The van der Waals surface area contributed by atoms with E-state index in [9.17, 15) is 0 Å². The summed E-state index contributed by atoms with van der Waals surface area (Å²) in [4.78, 5) is 13.8. The molecule has 1 aromatic heterocycles. The third-order valence-corrected chi connectivity index (χ3v) is 5.06. The predicted molar refractivity (Wildman–Crippen MR) is 105 cm³/mol. The molecule has 0 saturated heterocycles. The van der Waals surface area contributed by atoms with E-state index in [0.717, 1.165) is 29.1 Å². The van der Waals surface area contributed by atoms with Crippen LogP contribution in [0.25, 0.3) is 6.08 Å². The summed E-state index contributed by atoms with van der Waals surface area (Å²) in [7, 11) is 0. The molecule has 1 aliphatic heterocycles. The van der Waals surface area contributed by atoms with Gasteiger partial charge in [-0.1, -0.05) is 45.1 Å². The Morgan fingerprint density at radius 3 is 2.80 bits per heavy atom. The predicted octanol–water partition coefficient (Wildman–Crippen LogP) is 4.66. The maximum Gasteiger partial charge on any atom is 0.155 e. The van der Waals surface area contributed by atoms with Gasteiger partial charge in [0.2, 0.25) is 0 Å². The van der Waals surface area contributed by atoms with Crippen LogP contribution in [0.4, 0.5) is 0 Å². The van der Waals surface area contributed by atoms with Crippen molar-refractivity contribution in [1.82, 2.24) is 4.98 Å². The SMILES string of the molecule is CCc1cncc(C2=NC(c3ccc4c(c3)C=CC4C(C)C)=NC2)c1. The summed E-state index contributed by atoms with van der Waals surface area (Å²) in [5.41, 5.74) is 7.14. The molecule has 25 heavy (non-hydrogen) atoms. The molecular weight excluding hydrogens is 306 g/mol. The monoisotopic (exact) mass is 329 g/mol. The largest absolute Gasteiger partial charge is 0.264 e. The number of aromatic nitrogens is 1. The molecule has 0 amide bonds. The van der Waals surface area contributed by atoms with Gasteiger partial charge in [0.25, 0.3) is 0 Å². The first kappa shape index (κ1) is 15.9. The molecule has 4 rings (SSSR count). The Kier molecular flexibility index (Phi) is 4.08. The van der Waals surface area contributed by atoms with Gasteiger partial charge in [-0.05, 0) is 41.2 Å². The lowest BCUT2D eigenvalue weighted by molar-refractivity contribution is 0.584. The Morgan fingerprint density at radius 2 is 2.00 bits per heavy atom.